The molecule has 2 N–H and O–H groups in total. The van der Waals surface area contributed by atoms with Crippen molar-refractivity contribution in [1.82, 2.24) is 5.06 Å². The maximum Gasteiger partial charge on any atom is 0.248 e. The fraction of sp³-hybridized carbons (Fsp3) is 0.763. The van der Waals surface area contributed by atoms with Crippen molar-refractivity contribution in [2.24, 2.45) is 17.8 Å². The minimum atomic E-state index is -2.46. The number of methoxy groups -OCH3 is 1. The summed E-state index contributed by atoms with van der Waals surface area (Å²) < 4.78 is 32.2. The van der Waals surface area contributed by atoms with Gasteiger partial charge in [-0.25, -0.2) is 5.06 Å². The largest absolute Gasteiger partial charge is 0.497 e. The van der Waals surface area contributed by atoms with Gasteiger partial charge in [-0.2, -0.15) is 0 Å². The number of aliphatic hydroxyl groups is 2. The van der Waals surface area contributed by atoms with Crippen LogP contribution < -0.4 is 4.74 Å². The van der Waals surface area contributed by atoms with E-state index in [0.29, 0.717) is 13.2 Å². The molecule has 2 rings (SSSR count). The lowest BCUT2D eigenvalue weighted by molar-refractivity contribution is -0.172. The van der Waals surface area contributed by atoms with E-state index in [9.17, 15) is 15.0 Å². The average Bonchev–Trinajstić information content (AvgIpc) is 3.71. The quantitative estimate of drug-likeness (QED) is 0.0633. The van der Waals surface area contributed by atoms with Crippen molar-refractivity contribution in [3.63, 3.8) is 0 Å². The van der Waals surface area contributed by atoms with E-state index < -0.39 is 58.3 Å². The molecule has 1 aliphatic heterocycles. The molecule has 1 aliphatic rings. The van der Waals surface area contributed by atoms with Crippen LogP contribution in [0.15, 0.2) is 36.9 Å². The van der Waals surface area contributed by atoms with Crippen LogP contribution in [-0.4, -0.2) is 102 Å². The molecule has 1 saturated heterocycles. The van der Waals surface area contributed by atoms with Gasteiger partial charge < -0.3 is 33.3 Å². The summed E-state index contributed by atoms with van der Waals surface area (Å²) in [6, 6.07) is 7.82. The van der Waals surface area contributed by atoms with Crippen molar-refractivity contribution in [1.29, 1.82) is 0 Å². The SMILES string of the molecule is C=C[C@H]([C@@H](O)[C@H](CO[Si](C)(C)C(C)(C)C)[C@H](O[Si](C)(C)C(C)(C)C)[C@]1(C)O[C@@H]1[C@@H](C)COCc1ccc(OC)cc1)[C@H](O)CC(=O)N(C)OC. The second-order valence-electron chi connectivity index (χ2n) is 17.2. The predicted molar refractivity (Wildman–Crippen MR) is 204 cm³/mol. The van der Waals surface area contributed by atoms with Gasteiger partial charge in [0.15, 0.2) is 16.6 Å². The number of carbonyl (C=O) groups excluding carboxylic acids is 1. The molecule has 10 nitrogen and oxygen atoms in total. The Morgan fingerprint density at radius 1 is 1.02 bits per heavy atom. The van der Waals surface area contributed by atoms with Crippen LogP contribution >= 0.6 is 0 Å². The van der Waals surface area contributed by atoms with E-state index in [0.717, 1.165) is 16.4 Å². The van der Waals surface area contributed by atoms with Gasteiger partial charge in [0, 0.05) is 31.4 Å². The summed E-state index contributed by atoms with van der Waals surface area (Å²) in [4.78, 5) is 17.8. The number of hydroxylamine groups is 2. The molecule has 0 aliphatic carbocycles. The normalized spacial score (nSPS) is 22.2. The molecule has 1 amide bonds. The maximum absolute atomic E-state index is 12.7. The molecule has 0 unspecified atom stereocenters. The van der Waals surface area contributed by atoms with E-state index in [2.05, 4.69) is 88.2 Å². The van der Waals surface area contributed by atoms with Gasteiger partial charge in [0.25, 0.3) is 0 Å². The van der Waals surface area contributed by atoms with Gasteiger partial charge in [-0.15, -0.1) is 6.58 Å². The van der Waals surface area contributed by atoms with E-state index in [1.54, 1.807) is 7.11 Å². The van der Waals surface area contributed by atoms with Crippen LogP contribution in [0.2, 0.25) is 36.3 Å². The first kappa shape index (κ1) is 44.5. The molecule has 0 bridgehead atoms. The first-order chi connectivity index (χ1) is 22.9. The third-order valence-corrected chi connectivity index (χ3v) is 20.4. The number of aliphatic hydroxyl groups excluding tert-OH is 2. The molecule has 1 fully saturated rings. The van der Waals surface area contributed by atoms with Crippen molar-refractivity contribution in [3.05, 3.63) is 42.5 Å². The van der Waals surface area contributed by atoms with Gasteiger partial charge in [-0.05, 0) is 60.9 Å². The Hall–Kier alpha value is -1.62. The number of benzene rings is 1. The number of amides is 1. The zero-order valence-corrected chi connectivity index (χ0v) is 35.7. The Balaban J connectivity index is 2.51. The lowest BCUT2D eigenvalue weighted by atomic mass is 9.78. The molecule has 0 radical (unpaired) electrons. The van der Waals surface area contributed by atoms with Crippen molar-refractivity contribution in [3.8, 4) is 5.75 Å². The van der Waals surface area contributed by atoms with E-state index >= 15 is 0 Å². The van der Waals surface area contributed by atoms with Crippen LogP contribution in [0.1, 0.15) is 67.4 Å². The standard InChI is InChI=1S/C38H69NO9Si2/c1-17-29(31(40)22-32(41)39(10)44-12)33(42)30(25-46-49(13,14)36(3,4)5)35(48-50(15,16)37(6,7)8)38(9)34(47-38)26(2)23-45-24-27-18-20-28(43-11)21-19-27/h17-21,26,29-31,33-35,40,42H,1,22-25H2,2-16H3/t26-,29-,30-,31+,33+,34+,35-,38+/m0/s1. The number of hydrogen-bond acceptors (Lipinski definition) is 9. The summed E-state index contributed by atoms with van der Waals surface area (Å²) in [5, 5.41) is 24.6. The van der Waals surface area contributed by atoms with Crippen LogP contribution in [0.25, 0.3) is 0 Å². The van der Waals surface area contributed by atoms with Crippen molar-refractivity contribution in [2.45, 2.75) is 135 Å². The highest BCUT2D eigenvalue weighted by molar-refractivity contribution is 6.74. The smallest absolute Gasteiger partial charge is 0.248 e. The Morgan fingerprint density at radius 2 is 1.58 bits per heavy atom. The first-order valence-corrected chi connectivity index (χ1v) is 23.7. The van der Waals surface area contributed by atoms with Crippen LogP contribution in [-0.2, 0) is 34.6 Å². The van der Waals surface area contributed by atoms with Gasteiger partial charge in [0.05, 0.1) is 58.3 Å². The zero-order chi connectivity index (χ0) is 38.5. The van der Waals surface area contributed by atoms with Gasteiger partial charge >= 0.3 is 0 Å². The number of ether oxygens (including phenoxy) is 3. The van der Waals surface area contributed by atoms with Crippen LogP contribution in [0, 0.1) is 17.8 Å². The van der Waals surface area contributed by atoms with Crippen LogP contribution in [0.5, 0.6) is 5.75 Å². The maximum atomic E-state index is 12.7. The van der Waals surface area contributed by atoms with Crippen molar-refractivity contribution in [2.75, 3.05) is 34.5 Å². The minimum absolute atomic E-state index is 0.0193. The van der Waals surface area contributed by atoms with E-state index in [4.69, 9.17) is 27.9 Å². The molecule has 8 atom stereocenters. The molecule has 1 heterocycles. The molecule has 1 aromatic rings. The number of nitrogens with zero attached hydrogens (tertiary/aromatic N) is 1. The van der Waals surface area contributed by atoms with E-state index in [-0.39, 0.29) is 35.1 Å². The molecule has 1 aromatic carbocycles. The number of hydrogen-bond donors (Lipinski definition) is 2. The number of carbonyl (C=O) groups is 1. The highest BCUT2D eigenvalue weighted by atomic mass is 28.4. The summed E-state index contributed by atoms with van der Waals surface area (Å²) >= 11 is 0. The number of rotatable bonds is 20. The summed E-state index contributed by atoms with van der Waals surface area (Å²) in [6.07, 6.45) is -1.90. The zero-order valence-electron chi connectivity index (χ0n) is 33.7. The summed E-state index contributed by atoms with van der Waals surface area (Å²) in [5.41, 5.74) is 0.274. The first-order valence-electron chi connectivity index (χ1n) is 17.9. The van der Waals surface area contributed by atoms with Crippen molar-refractivity contribution < 1.29 is 42.9 Å². The van der Waals surface area contributed by atoms with Gasteiger partial charge in [-0.1, -0.05) is 66.7 Å². The third kappa shape index (κ3) is 11.2. The average molecular weight is 740 g/mol. The topological polar surface area (TPSA) is 119 Å². The fourth-order valence-corrected chi connectivity index (χ4v) is 8.13. The van der Waals surface area contributed by atoms with Crippen molar-refractivity contribution >= 4 is 22.5 Å². The molecule has 0 saturated carbocycles. The highest BCUT2D eigenvalue weighted by Gasteiger charge is 2.64. The highest BCUT2D eigenvalue weighted by Crippen LogP contribution is 2.51. The molecule has 288 valence electrons. The van der Waals surface area contributed by atoms with Gasteiger partial charge in [-0.3, -0.25) is 9.63 Å². The predicted octanol–water partition coefficient (Wildman–Crippen LogP) is 6.97. The second kappa shape index (κ2) is 17.5. The molecular weight excluding hydrogens is 671 g/mol. The molecular formula is C38H69NO9Si2. The van der Waals surface area contributed by atoms with Crippen LogP contribution in [0.4, 0.5) is 0 Å². The van der Waals surface area contributed by atoms with Crippen LogP contribution in [0.3, 0.4) is 0 Å². The van der Waals surface area contributed by atoms with Gasteiger partial charge in [0.1, 0.15) is 11.4 Å². The molecule has 12 heteroatoms. The third-order valence-electron chi connectivity index (χ3n) is 11.4. The Kier molecular flexibility index (Phi) is 15.6. The Morgan fingerprint density at radius 3 is 2.06 bits per heavy atom. The van der Waals surface area contributed by atoms with E-state index in [1.807, 2.05) is 24.3 Å². The molecule has 50 heavy (non-hydrogen) atoms. The monoisotopic (exact) mass is 739 g/mol. The lowest BCUT2D eigenvalue weighted by Gasteiger charge is -2.46. The lowest BCUT2D eigenvalue weighted by Crippen LogP contribution is -2.57. The summed E-state index contributed by atoms with van der Waals surface area (Å²) in [7, 11) is -0.236. The minimum Gasteiger partial charge on any atom is -0.497 e. The number of epoxide rings is 1. The van der Waals surface area contributed by atoms with E-state index in [1.165, 1.54) is 20.2 Å². The Bertz CT molecular complexity index is 1230. The second-order valence-corrected chi connectivity index (χ2v) is 26.8. The Labute approximate surface area is 305 Å². The summed E-state index contributed by atoms with van der Waals surface area (Å²) in [5.74, 6) is -1.07. The van der Waals surface area contributed by atoms with Gasteiger partial charge in [0.2, 0.25) is 5.91 Å². The molecule has 0 aromatic heterocycles. The summed E-state index contributed by atoms with van der Waals surface area (Å²) in [6.45, 7) is 31.1. The fourth-order valence-electron chi connectivity index (χ4n) is 5.69. The molecule has 0 spiro atoms.